The molecule has 120 valence electrons. The van der Waals surface area contributed by atoms with Crippen LogP contribution in [0.5, 0.6) is 0 Å². The number of carbonyl (C=O) groups excluding carboxylic acids is 1. The molecule has 0 saturated heterocycles. The van der Waals surface area contributed by atoms with Crippen LogP contribution in [0.1, 0.15) is 31.9 Å². The second kappa shape index (κ2) is 7.94. The van der Waals surface area contributed by atoms with Crippen LogP contribution >= 0.6 is 31.9 Å². The summed E-state index contributed by atoms with van der Waals surface area (Å²) in [5.74, 6) is 0.162. The molecule has 6 nitrogen and oxygen atoms in total. The summed E-state index contributed by atoms with van der Waals surface area (Å²) in [6.07, 6.45) is 6.15. The number of aromatic nitrogens is 2. The molecule has 0 fully saturated rings. The normalized spacial score (nSPS) is 10.9. The number of hydrogen-bond donors (Lipinski definition) is 3. The summed E-state index contributed by atoms with van der Waals surface area (Å²) >= 11 is 7.00. The van der Waals surface area contributed by atoms with Gasteiger partial charge in [0.25, 0.3) is 5.91 Å². The Kier molecular flexibility index (Phi) is 6.22. The third-order valence-corrected chi connectivity index (χ3v) is 4.32. The largest absolute Gasteiger partial charge is 0.359 e. The van der Waals surface area contributed by atoms with Crippen molar-refractivity contribution in [1.82, 2.24) is 14.9 Å². The average Bonchev–Trinajstić information content (AvgIpc) is 2.83. The zero-order chi connectivity index (χ0) is 16.1. The molecule has 8 heteroatoms. The number of anilines is 1. The fraction of sp³-hybridized carbons (Fsp3) is 0.429. The highest BCUT2D eigenvalue weighted by Gasteiger charge is 2.15. The lowest BCUT2D eigenvalue weighted by molar-refractivity contribution is -0.127. The predicted molar refractivity (Wildman–Crippen MR) is 92.2 cm³/mol. The van der Waals surface area contributed by atoms with E-state index in [2.05, 4.69) is 49.1 Å². The summed E-state index contributed by atoms with van der Waals surface area (Å²) in [5.41, 5.74) is 3.43. The number of hydrogen-bond acceptors (Lipinski definition) is 4. The number of carbonyl (C=O) groups is 1. The number of imidazole rings is 1. The molecule has 0 unspecified atom stereocenters. The van der Waals surface area contributed by atoms with Crippen LogP contribution in [-0.4, -0.2) is 27.0 Å². The lowest BCUT2D eigenvalue weighted by Gasteiger charge is -2.07. The van der Waals surface area contributed by atoms with E-state index in [1.54, 1.807) is 5.48 Å². The highest BCUT2D eigenvalue weighted by molar-refractivity contribution is 9.11. The molecule has 2 aromatic rings. The number of unbranched alkanes of at least 4 members (excludes halogenated alkanes) is 2. The number of hydroxylamine groups is 1. The van der Waals surface area contributed by atoms with Crippen LogP contribution in [0.15, 0.2) is 21.2 Å². The lowest BCUT2D eigenvalue weighted by Crippen LogP contribution is -2.27. The van der Waals surface area contributed by atoms with Crippen LogP contribution in [0, 0.1) is 0 Å². The molecular formula is C14H18Br2N4O2. The van der Waals surface area contributed by atoms with E-state index in [9.17, 15) is 4.79 Å². The van der Waals surface area contributed by atoms with Crippen LogP contribution in [-0.2, 0) is 11.2 Å². The first kappa shape index (κ1) is 17.2. The van der Waals surface area contributed by atoms with Gasteiger partial charge in [-0.15, -0.1) is 0 Å². The monoisotopic (exact) mass is 432 g/mol. The van der Waals surface area contributed by atoms with E-state index in [4.69, 9.17) is 5.21 Å². The van der Waals surface area contributed by atoms with Gasteiger partial charge in [-0.2, -0.15) is 0 Å². The molecule has 0 saturated carbocycles. The standard InChI is InChI=1S/C14H18Br2N4O2/c1-2-3-4-5-11-13(17-7-12(21)19-22)18-14-10(16)6-9(15)8-20(11)14/h6,8,17,22H,2-5,7H2,1H3,(H,19,21). The molecule has 22 heavy (non-hydrogen) atoms. The number of nitrogens with zero attached hydrogens (tertiary/aromatic N) is 2. The summed E-state index contributed by atoms with van der Waals surface area (Å²) in [4.78, 5) is 15.8. The zero-order valence-electron chi connectivity index (χ0n) is 12.2. The molecule has 0 aliphatic heterocycles. The first-order valence-corrected chi connectivity index (χ1v) is 8.68. The fourth-order valence-corrected chi connectivity index (χ4v) is 3.51. The Labute approximate surface area is 145 Å². The van der Waals surface area contributed by atoms with Crippen molar-refractivity contribution in [3.63, 3.8) is 0 Å². The SMILES string of the molecule is CCCCCc1c(NCC(=O)NO)nc2c(Br)cc(Br)cn12. The number of aryl methyl sites for hydroxylation is 1. The molecular weight excluding hydrogens is 416 g/mol. The van der Waals surface area contributed by atoms with Crippen molar-refractivity contribution >= 4 is 49.2 Å². The highest BCUT2D eigenvalue weighted by Crippen LogP contribution is 2.28. The molecule has 0 aromatic carbocycles. The van der Waals surface area contributed by atoms with Crippen LogP contribution in [0.2, 0.25) is 0 Å². The molecule has 1 amide bonds. The number of halogens is 2. The van der Waals surface area contributed by atoms with Gasteiger partial charge in [0.2, 0.25) is 0 Å². The van der Waals surface area contributed by atoms with Crippen LogP contribution in [0.3, 0.4) is 0 Å². The maximum atomic E-state index is 11.2. The van der Waals surface area contributed by atoms with Gasteiger partial charge in [-0.3, -0.25) is 14.4 Å². The molecule has 3 N–H and O–H groups in total. The van der Waals surface area contributed by atoms with Crippen molar-refractivity contribution in [3.8, 4) is 0 Å². The summed E-state index contributed by atoms with van der Waals surface area (Å²) in [6, 6.07) is 1.93. The van der Waals surface area contributed by atoms with Gasteiger partial charge in [-0.05, 0) is 50.8 Å². The maximum Gasteiger partial charge on any atom is 0.262 e. The summed E-state index contributed by atoms with van der Waals surface area (Å²) in [5, 5.41) is 11.6. The average molecular weight is 434 g/mol. The van der Waals surface area contributed by atoms with Gasteiger partial charge >= 0.3 is 0 Å². The molecule has 0 atom stereocenters. The molecule has 0 bridgehead atoms. The predicted octanol–water partition coefficient (Wildman–Crippen LogP) is 3.51. The van der Waals surface area contributed by atoms with Gasteiger partial charge in [-0.1, -0.05) is 19.8 Å². The van der Waals surface area contributed by atoms with Crippen molar-refractivity contribution in [2.75, 3.05) is 11.9 Å². The van der Waals surface area contributed by atoms with E-state index in [1.807, 2.05) is 16.7 Å². The van der Waals surface area contributed by atoms with E-state index in [0.717, 1.165) is 46.0 Å². The molecule has 2 rings (SSSR count). The van der Waals surface area contributed by atoms with Crippen LogP contribution in [0.25, 0.3) is 5.65 Å². The first-order valence-electron chi connectivity index (χ1n) is 7.09. The highest BCUT2D eigenvalue weighted by atomic mass is 79.9. The van der Waals surface area contributed by atoms with Crippen molar-refractivity contribution in [1.29, 1.82) is 0 Å². The maximum absolute atomic E-state index is 11.2. The molecule has 0 aliphatic carbocycles. The summed E-state index contributed by atoms with van der Waals surface area (Å²) in [6.45, 7) is 2.13. The summed E-state index contributed by atoms with van der Waals surface area (Å²) in [7, 11) is 0. The molecule has 0 spiro atoms. The van der Waals surface area contributed by atoms with Gasteiger partial charge in [-0.25, -0.2) is 10.5 Å². The third-order valence-electron chi connectivity index (χ3n) is 3.30. The first-order chi connectivity index (χ1) is 10.6. The van der Waals surface area contributed by atoms with E-state index < -0.39 is 5.91 Å². The van der Waals surface area contributed by atoms with Crippen molar-refractivity contribution in [2.45, 2.75) is 32.6 Å². The minimum atomic E-state index is -0.503. The number of amides is 1. The number of pyridine rings is 1. The Morgan fingerprint density at radius 1 is 1.41 bits per heavy atom. The Morgan fingerprint density at radius 2 is 2.18 bits per heavy atom. The van der Waals surface area contributed by atoms with Gasteiger partial charge < -0.3 is 5.32 Å². The van der Waals surface area contributed by atoms with Crippen LogP contribution in [0.4, 0.5) is 5.82 Å². The second-order valence-electron chi connectivity index (χ2n) is 4.95. The fourth-order valence-electron chi connectivity index (χ4n) is 2.25. The topological polar surface area (TPSA) is 78.7 Å². The number of rotatable bonds is 7. The van der Waals surface area contributed by atoms with Gasteiger partial charge in [0.15, 0.2) is 5.65 Å². The lowest BCUT2D eigenvalue weighted by atomic mass is 10.1. The van der Waals surface area contributed by atoms with E-state index >= 15 is 0 Å². The number of fused-ring (bicyclic) bond motifs is 1. The van der Waals surface area contributed by atoms with E-state index in [-0.39, 0.29) is 6.54 Å². The summed E-state index contributed by atoms with van der Waals surface area (Å²) < 4.78 is 3.84. The molecule has 2 aromatic heterocycles. The van der Waals surface area contributed by atoms with Crippen molar-refractivity contribution < 1.29 is 10.0 Å². The third kappa shape index (κ3) is 3.99. The van der Waals surface area contributed by atoms with Crippen LogP contribution < -0.4 is 10.8 Å². The number of nitrogens with one attached hydrogen (secondary N) is 2. The Bertz CT molecular complexity index is 672. The van der Waals surface area contributed by atoms with Crippen molar-refractivity contribution in [3.05, 3.63) is 26.9 Å². The van der Waals surface area contributed by atoms with Gasteiger partial charge in [0, 0.05) is 10.7 Å². The minimum absolute atomic E-state index is 0.0278. The smallest absolute Gasteiger partial charge is 0.262 e. The Balaban J connectivity index is 2.37. The van der Waals surface area contributed by atoms with E-state index in [0.29, 0.717) is 5.82 Å². The minimum Gasteiger partial charge on any atom is -0.359 e. The van der Waals surface area contributed by atoms with Gasteiger partial charge in [0.1, 0.15) is 5.82 Å². The zero-order valence-corrected chi connectivity index (χ0v) is 15.4. The quantitative estimate of drug-likeness (QED) is 0.354. The molecule has 0 aliphatic rings. The Morgan fingerprint density at radius 3 is 2.86 bits per heavy atom. The molecule has 0 radical (unpaired) electrons. The van der Waals surface area contributed by atoms with Gasteiger partial charge in [0.05, 0.1) is 16.7 Å². The van der Waals surface area contributed by atoms with E-state index in [1.165, 1.54) is 0 Å². The second-order valence-corrected chi connectivity index (χ2v) is 6.72. The molecule has 2 heterocycles. The Hall–Kier alpha value is -1.12. The van der Waals surface area contributed by atoms with Crippen molar-refractivity contribution in [2.24, 2.45) is 0 Å².